The Hall–Kier alpha value is -1.32. The van der Waals surface area contributed by atoms with E-state index >= 15 is 0 Å². The molecule has 0 aliphatic heterocycles. The van der Waals surface area contributed by atoms with Gasteiger partial charge in [0, 0.05) is 17.8 Å². The molecule has 1 heterocycles. The van der Waals surface area contributed by atoms with Crippen molar-refractivity contribution < 1.29 is 5.21 Å². The topological polar surface area (TPSA) is 50.4 Å². The number of aryl methyl sites for hydroxylation is 1. The number of nitrogens with zero attached hydrogens (tertiary/aromatic N) is 3. The quantitative estimate of drug-likeness (QED) is 0.439. The second kappa shape index (κ2) is 4.07. The molecule has 72 valence electrons. The SMILES string of the molecule is CCCn1ncc(/C(C)=N\O)c1C. The number of aromatic nitrogens is 2. The van der Waals surface area contributed by atoms with Crippen molar-refractivity contribution in [2.45, 2.75) is 33.7 Å². The maximum atomic E-state index is 8.60. The van der Waals surface area contributed by atoms with Crippen molar-refractivity contribution >= 4 is 5.71 Å². The summed E-state index contributed by atoms with van der Waals surface area (Å²) < 4.78 is 1.92. The molecular weight excluding hydrogens is 166 g/mol. The molecule has 1 N–H and O–H groups in total. The van der Waals surface area contributed by atoms with E-state index < -0.39 is 0 Å². The number of oxime groups is 1. The van der Waals surface area contributed by atoms with Crippen LogP contribution in [0, 0.1) is 6.92 Å². The Morgan fingerprint density at radius 3 is 2.92 bits per heavy atom. The molecule has 0 aromatic carbocycles. The average Bonchev–Trinajstić information content (AvgIpc) is 2.48. The molecule has 1 aromatic rings. The zero-order valence-electron chi connectivity index (χ0n) is 8.28. The number of rotatable bonds is 3. The molecule has 0 aliphatic carbocycles. The first-order valence-electron chi connectivity index (χ1n) is 4.42. The van der Waals surface area contributed by atoms with Crippen LogP contribution in [0.15, 0.2) is 11.4 Å². The minimum Gasteiger partial charge on any atom is -0.411 e. The highest BCUT2D eigenvalue weighted by Crippen LogP contribution is 2.08. The van der Waals surface area contributed by atoms with Crippen molar-refractivity contribution in [3.05, 3.63) is 17.5 Å². The third-order valence-corrected chi connectivity index (χ3v) is 2.08. The monoisotopic (exact) mass is 181 g/mol. The Morgan fingerprint density at radius 1 is 1.69 bits per heavy atom. The van der Waals surface area contributed by atoms with Gasteiger partial charge in [-0.05, 0) is 20.3 Å². The van der Waals surface area contributed by atoms with Crippen LogP contribution in [-0.4, -0.2) is 20.7 Å². The van der Waals surface area contributed by atoms with Crippen molar-refractivity contribution in [3.63, 3.8) is 0 Å². The number of hydrogen-bond acceptors (Lipinski definition) is 3. The highest BCUT2D eigenvalue weighted by molar-refractivity contribution is 5.98. The lowest BCUT2D eigenvalue weighted by atomic mass is 10.2. The first kappa shape index (κ1) is 9.77. The molecule has 0 radical (unpaired) electrons. The Bertz CT molecular complexity index is 315. The van der Waals surface area contributed by atoms with Gasteiger partial charge in [-0.1, -0.05) is 12.1 Å². The molecule has 4 nitrogen and oxygen atoms in total. The maximum absolute atomic E-state index is 8.60. The second-order valence-corrected chi connectivity index (χ2v) is 3.05. The van der Waals surface area contributed by atoms with E-state index in [9.17, 15) is 0 Å². The summed E-state index contributed by atoms with van der Waals surface area (Å²) in [6.45, 7) is 6.76. The molecule has 0 saturated carbocycles. The van der Waals surface area contributed by atoms with Crippen LogP contribution in [0.25, 0.3) is 0 Å². The summed E-state index contributed by atoms with van der Waals surface area (Å²) in [7, 11) is 0. The summed E-state index contributed by atoms with van der Waals surface area (Å²) in [5, 5.41) is 16.0. The predicted octanol–water partition coefficient (Wildman–Crippen LogP) is 1.80. The van der Waals surface area contributed by atoms with Crippen molar-refractivity contribution in [2.24, 2.45) is 5.16 Å². The van der Waals surface area contributed by atoms with E-state index in [4.69, 9.17) is 5.21 Å². The molecule has 4 heteroatoms. The average molecular weight is 181 g/mol. The molecule has 0 spiro atoms. The van der Waals surface area contributed by atoms with E-state index in [2.05, 4.69) is 17.2 Å². The summed E-state index contributed by atoms with van der Waals surface area (Å²) in [6, 6.07) is 0. The highest BCUT2D eigenvalue weighted by Gasteiger charge is 2.07. The summed E-state index contributed by atoms with van der Waals surface area (Å²) in [4.78, 5) is 0. The lowest BCUT2D eigenvalue weighted by Gasteiger charge is -2.02. The molecule has 0 unspecified atom stereocenters. The molecule has 0 aliphatic rings. The van der Waals surface area contributed by atoms with E-state index in [1.807, 2.05) is 11.6 Å². The molecule has 0 amide bonds. The molecular formula is C9H15N3O. The van der Waals surface area contributed by atoms with Crippen LogP contribution in [0.3, 0.4) is 0 Å². The third-order valence-electron chi connectivity index (χ3n) is 2.08. The van der Waals surface area contributed by atoms with E-state index in [1.165, 1.54) is 0 Å². The van der Waals surface area contributed by atoms with Gasteiger partial charge in [0.1, 0.15) is 0 Å². The fourth-order valence-electron chi connectivity index (χ4n) is 1.29. The van der Waals surface area contributed by atoms with Gasteiger partial charge in [-0.2, -0.15) is 5.10 Å². The highest BCUT2D eigenvalue weighted by atomic mass is 16.4. The van der Waals surface area contributed by atoms with Gasteiger partial charge in [0.2, 0.25) is 0 Å². The van der Waals surface area contributed by atoms with Crippen molar-refractivity contribution in [1.29, 1.82) is 0 Å². The minimum absolute atomic E-state index is 0.611. The summed E-state index contributed by atoms with van der Waals surface area (Å²) >= 11 is 0. The van der Waals surface area contributed by atoms with Gasteiger partial charge in [0.25, 0.3) is 0 Å². The first-order valence-corrected chi connectivity index (χ1v) is 4.42. The Kier molecular flexibility index (Phi) is 3.06. The first-order chi connectivity index (χ1) is 6.20. The zero-order valence-corrected chi connectivity index (χ0v) is 8.28. The Labute approximate surface area is 77.9 Å². The summed E-state index contributed by atoms with van der Waals surface area (Å²) in [6.07, 6.45) is 2.79. The van der Waals surface area contributed by atoms with Crippen LogP contribution in [-0.2, 0) is 6.54 Å². The fourth-order valence-corrected chi connectivity index (χ4v) is 1.29. The van der Waals surface area contributed by atoms with Crippen molar-refractivity contribution in [1.82, 2.24) is 9.78 Å². The molecule has 0 atom stereocenters. The largest absolute Gasteiger partial charge is 0.411 e. The fraction of sp³-hybridized carbons (Fsp3) is 0.556. The molecule has 13 heavy (non-hydrogen) atoms. The molecule has 1 aromatic heterocycles. The van der Waals surface area contributed by atoms with Crippen LogP contribution in [0.5, 0.6) is 0 Å². The van der Waals surface area contributed by atoms with Crippen LogP contribution < -0.4 is 0 Å². The van der Waals surface area contributed by atoms with Gasteiger partial charge in [-0.15, -0.1) is 0 Å². The van der Waals surface area contributed by atoms with Gasteiger partial charge in [-0.25, -0.2) is 0 Å². The Morgan fingerprint density at radius 2 is 2.38 bits per heavy atom. The van der Waals surface area contributed by atoms with E-state index in [-0.39, 0.29) is 0 Å². The molecule has 0 saturated heterocycles. The predicted molar refractivity (Wildman–Crippen MR) is 51.3 cm³/mol. The Balaban J connectivity index is 2.99. The minimum atomic E-state index is 0.611. The third kappa shape index (κ3) is 1.88. The van der Waals surface area contributed by atoms with Gasteiger partial charge >= 0.3 is 0 Å². The van der Waals surface area contributed by atoms with Gasteiger partial charge in [-0.3, -0.25) is 4.68 Å². The van der Waals surface area contributed by atoms with Crippen LogP contribution in [0.1, 0.15) is 31.5 Å². The maximum Gasteiger partial charge on any atom is 0.0871 e. The lowest BCUT2D eigenvalue weighted by molar-refractivity contribution is 0.319. The number of hydrogen-bond donors (Lipinski definition) is 1. The van der Waals surface area contributed by atoms with Gasteiger partial charge in [0.05, 0.1) is 11.9 Å². The lowest BCUT2D eigenvalue weighted by Crippen LogP contribution is -2.03. The second-order valence-electron chi connectivity index (χ2n) is 3.05. The van der Waals surface area contributed by atoms with E-state index in [1.54, 1.807) is 13.1 Å². The smallest absolute Gasteiger partial charge is 0.0871 e. The van der Waals surface area contributed by atoms with E-state index in [0.29, 0.717) is 5.71 Å². The van der Waals surface area contributed by atoms with Gasteiger partial charge < -0.3 is 5.21 Å². The molecule has 0 bridgehead atoms. The molecule has 0 fully saturated rings. The summed E-state index contributed by atoms with van der Waals surface area (Å²) in [5.41, 5.74) is 2.58. The van der Waals surface area contributed by atoms with Crippen LogP contribution in [0.2, 0.25) is 0 Å². The van der Waals surface area contributed by atoms with Crippen LogP contribution in [0.4, 0.5) is 0 Å². The van der Waals surface area contributed by atoms with E-state index in [0.717, 1.165) is 24.2 Å². The van der Waals surface area contributed by atoms with Crippen LogP contribution >= 0.6 is 0 Å². The normalized spacial score (nSPS) is 12.1. The standard InChI is InChI=1S/C9H15N3O/c1-4-5-12-8(3)9(6-10-12)7(2)11-13/h6,13H,4-5H2,1-3H3/b11-7-. The van der Waals surface area contributed by atoms with Crippen molar-refractivity contribution in [2.75, 3.05) is 0 Å². The van der Waals surface area contributed by atoms with Crippen molar-refractivity contribution in [3.8, 4) is 0 Å². The molecule has 1 rings (SSSR count). The van der Waals surface area contributed by atoms with Gasteiger partial charge in [0.15, 0.2) is 0 Å². The zero-order chi connectivity index (χ0) is 9.84. The summed E-state index contributed by atoms with van der Waals surface area (Å²) in [5.74, 6) is 0.